The van der Waals surface area contributed by atoms with E-state index in [0.717, 1.165) is 19.1 Å². The second-order valence-electron chi connectivity index (χ2n) is 1.47. The van der Waals surface area contributed by atoms with Crippen molar-refractivity contribution in [2.75, 3.05) is 0 Å². The Morgan fingerprint density at radius 3 is 2.00 bits per heavy atom. The Bertz CT molecular complexity index is 49.5. The average molecular weight is 87.1 g/mol. The van der Waals surface area contributed by atoms with E-state index in [1.807, 2.05) is 0 Å². The lowest BCUT2D eigenvalue weighted by Gasteiger charge is -1.56. The predicted octanol–water partition coefficient (Wildman–Crippen LogP) is 0.757. The van der Waals surface area contributed by atoms with Gasteiger partial charge in [0, 0.05) is 5.92 Å². The molecule has 0 aromatic carbocycles. The van der Waals surface area contributed by atoms with E-state index in [9.17, 15) is 4.79 Å². The number of hydrogen-bond donors (Lipinski definition) is 1. The monoisotopic (exact) mass is 87.1 g/mol. The summed E-state index contributed by atoms with van der Waals surface area (Å²) in [4.78, 5) is 9.57. The lowest BCUT2D eigenvalue weighted by Crippen LogP contribution is -1.66. The van der Waals surface area contributed by atoms with Crippen LogP contribution in [0.3, 0.4) is 0 Å². The Labute approximate surface area is 37.1 Å². The molecular formula is C4H9NO. The van der Waals surface area contributed by atoms with Gasteiger partial charge in [0.2, 0.25) is 0 Å². The maximum atomic E-state index is 9.57. The molecule has 0 aromatic rings. The number of rotatable bonds is 1. The van der Waals surface area contributed by atoms with Gasteiger partial charge in [-0.1, -0.05) is 0 Å². The quantitative estimate of drug-likeness (QED) is 0.480. The van der Waals surface area contributed by atoms with Crippen molar-refractivity contribution in [3.63, 3.8) is 0 Å². The van der Waals surface area contributed by atoms with Crippen LogP contribution in [0.15, 0.2) is 0 Å². The van der Waals surface area contributed by atoms with E-state index in [1.165, 1.54) is 0 Å². The van der Waals surface area contributed by atoms with Gasteiger partial charge in [0.05, 0.1) is 0 Å². The van der Waals surface area contributed by atoms with E-state index in [1.54, 1.807) is 0 Å². The van der Waals surface area contributed by atoms with Crippen molar-refractivity contribution >= 4 is 6.29 Å². The standard InChI is InChI=1S/C4H6O.H3N/c5-3-4-1-2-4;/h3-4H,1-2H2;1H3. The van der Waals surface area contributed by atoms with E-state index in [4.69, 9.17) is 0 Å². The van der Waals surface area contributed by atoms with Gasteiger partial charge in [-0.2, -0.15) is 0 Å². The SMILES string of the molecule is N.O=CC1CC1. The molecule has 0 unspecified atom stereocenters. The number of carbonyl (C=O) groups excluding carboxylic acids is 1. The van der Waals surface area contributed by atoms with Crippen molar-refractivity contribution in [2.24, 2.45) is 5.92 Å². The van der Waals surface area contributed by atoms with Crippen molar-refractivity contribution in [3.8, 4) is 0 Å². The molecule has 0 radical (unpaired) electrons. The summed E-state index contributed by atoms with van der Waals surface area (Å²) < 4.78 is 0. The van der Waals surface area contributed by atoms with Crippen LogP contribution in [-0.2, 0) is 4.79 Å². The molecule has 1 aliphatic carbocycles. The van der Waals surface area contributed by atoms with Crippen LogP contribution >= 0.6 is 0 Å². The molecule has 1 aliphatic rings. The molecular weight excluding hydrogens is 78.0 g/mol. The molecule has 1 saturated carbocycles. The first kappa shape index (κ1) is 5.63. The molecule has 0 bridgehead atoms. The van der Waals surface area contributed by atoms with Crippen molar-refractivity contribution in [1.82, 2.24) is 6.15 Å². The van der Waals surface area contributed by atoms with E-state index in [2.05, 4.69) is 0 Å². The molecule has 1 rings (SSSR count). The largest absolute Gasteiger partial charge is 0.344 e. The van der Waals surface area contributed by atoms with Gasteiger partial charge in [-0.3, -0.25) is 0 Å². The zero-order valence-electron chi connectivity index (χ0n) is 3.68. The van der Waals surface area contributed by atoms with Crippen molar-refractivity contribution < 1.29 is 4.79 Å². The minimum Gasteiger partial charge on any atom is -0.344 e. The summed E-state index contributed by atoms with van der Waals surface area (Å²) in [5.41, 5.74) is 0. The maximum Gasteiger partial charge on any atom is 0.123 e. The van der Waals surface area contributed by atoms with Crippen molar-refractivity contribution in [1.29, 1.82) is 0 Å². The predicted molar refractivity (Wildman–Crippen MR) is 23.8 cm³/mol. The molecule has 2 heteroatoms. The molecule has 0 saturated heterocycles. The van der Waals surface area contributed by atoms with Crippen LogP contribution in [-0.4, -0.2) is 6.29 Å². The minimum atomic E-state index is 0. The molecule has 0 spiro atoms. The second-order valence-corrected chi connectivity index (χ2v) is 1.47. The molecule has 0 atom stereocenters. The molecule has 6 heavy (non-hydrogen) atoms. The van der Waals surface area contributed by atoms with E-state index >= 15 is 0 Å². The highest BCUT2D eigenvalue weighted by molar-refractivity contribution is 5.56. The fraction of sp³-hybridized carbons (Fsp3) is 0.750. The van der Waals surface area contributed by atoms with Gasteiger partial charge >= 0.3 is 0 Å². The van der Waals surface area contributed by atoms with Gasteiger partial charge in [-0.05, 0) is 12.8 Å². The summed E-state index contributed by atoms with van der Waals surface area (Å²) in [7, 11) is 0. The smallest absolute Gasteiger partial charge is 0.123 e. The number of aldehydes is 1. The molecule has 0 aromatic heterocycles. The molecule has 36 valence electrons. The van der Waals surface area contributed by atoms with Crippen LogP contribution in [0.2, 0.25) is 0 Å². The summed E-state index contributed by atoms with van der Waals surface area (Å²) in [5, 5.41) is 0. The molecule has 0 aliphatic heterocycles. The highest BCUT2D eigenvalue weighted by Gasteiger charge is 2.18. The Kier molecular flexibility index (Phi) is 1.81. The fourth-order valence-electron chi connectivity index (χ4n) is 0.232. The van der Waals surface area contributed by atoms with Crippen LogP contribution in [0.4, 0.5) is 0 Å². The third kappa shape index (κ3) is 1.17. The summed E-state index contributed by atoms with van der Waals surface area (Å²) >= 11 is 0. The van der Waals surface area contributed by atoms with Gasteiger partial charge in [0.1, 0.15) is 6.29 Å². The Balaban J connectivity index is 0.000000250. The lowest BCUT2D eigenvalue weighted by molar-refractivity contribution is -0.108. The highest BCUT2D eigenvalue weighted by Crippen LogP contribution is 2.25. The highest BCUT2D eigenvalue weighted by atomic mass is 16.1. The van der Waals surface area contributed by atoms with E-state index in [-0.39, 0.29) is 6.15 Å². The summed E-state index contributed by atoms with van der Waals surface area (Å²) in [5.74, 6) is 0.454. The minimum absolute atomic E-state index is 0. The van der Waals surface area contributed by atoms with Gasteiger partial charge in [0.15, 0.2) is 0 Å². The van der Waals surface area contributed by atoms with Crippen molar-refractivity contribution in [2.45, 2.75) is 12.8 Å². The molecule has 2 nitrogen and oxygen atoms in total. The van der Waals surface area contributed by atoms with Crippen molar-refractivity contribution in [3.05, 3.63) is 0 Å². The summed E-state index contributed by atoms with van der Waals surface area (Å²) in [6.07, 6.45) is 3.31. The summed E-state index contributed by atoms with van der Waals surface area (Å²) in [6, 6.07) is 0. The van der Waals surface area contributed by atoms with Gasteiger partial charge in [-0.25, -0.2) is 0 Å². The summed E-state index contributed by atoms with van der Waals surface area (Å²) in [6.45, 7) is 0. The third-order valence-electron chi connectivity index (χ3n) is 0.814. The fourth-order valence-corrected chi connectivity index (χ4v) is 0.232. The van der Waals surface area contributed by atoms with Crippen LogP contribution < -0.4 is 6.15 Å². The normalized spacial score (nSPS) is 18.7. The van der Waals surface area contributed by atoms with Crippen LogP contribution in [0.1, 0.15) is 12.8 Å². The van der Waals surface area contributed by atoms with E-state index in [0.29, 0.717) is 5.92 Å². The van der Waals surface area contributed by atoms with Gasteiger partial charge in [0.25, 0.3) is 0 Å². The van der Waals surface area contributed by atoms with Gasteiger partial charge < -0.3 is 10.9 Å². The third-order valence-corrected chi connectivity index (χ3v) is 0.814. The Morgan fingerprint density at radius 2 is 2.00 bits per heavy atom. The first-order valence-corrected chi connectivity index (χ1v) is 1.89. The first-order chi connectivity index (χ1) is 2.43. The van der Waals surface area contributed by atoms with Crippen LogP contribution in [0.25, 0.3) is 0 Å². The first-order valence-electron chi connectivity index (χ1n) is 1.89. The second kappa shape index (κ2) is 1.92. The average Bonchev–Trinajstić information content (AvgIpc) is 2.12. The molecule has 0 heterocycles. The molecule has 0 amide bonds. The molecule has 3 N–H and O–H groups in total. The van der Waals surface area contributed by atoms with Gasteiger partial charge in [-0.15, -0.1) is 0 Å². The zero-order chi connectivity index (χ0) is 3.70. The maximum absolute atomic E-state index is 9.57. The zero-order valence-corrected chi connectivity index (χ0v) is 3.68. The van der Waals surface area contributed by atoms with Crippen LogP contribution in [0.5, 0.6) is 0 Å². The topological polar surface area (TPSA) is 52.1 Å². The Morgan fingerprint density at radius 1 is 1.50 bits per heavy atom. The molecule has 1 fully saturated rings. The number of carbonyl (C=O) groups is 1. The Hall–Kier alpha value is -0.370. The van der Waals surface area contributed by atoms with Crippen LogP contribution in [0, 0.1) is 5.92 Å². The lowest BCUT2D eigenvalue weighted by atomic mass is 10.5. The van der Waals surface area contributed by atoms with E-state index < -0.39 is 0 Å². The number of hydrogen-bond acceptors (Lipinski definition) is 2.